The van der Waals surface area contributed by atoms with Crippen molar-refractivity contribution in [3.05, 3.63) is 12.2 Å². The second-order valence-corrected chi connectivity index (χ2v) is 12.3. The lowest BCUT2D eigenvalue weighted by atomic mass is 10.1. The molecule has 8 heteroatoms. The van der Waals surface area contributed by atoms with Crippen LogP contribution >= 0.6 is 7.82 Å². The van der Waals surface area contributed by atoms with Crippen LogP contribution in [0, 0.1) is 0 Å². The normalized spacial score (nSPS) is 14.9. The number of ether oxygens (including phenoxy) is 2. The molecule has 0 heterocycles. The molecular formula is C28H59NO6P+. The van der Waals surface area contributed by atoms with Crippen LogP contribution in [0.25, 0.3) is 0 Å². The highest BCUT2D eigenvalue weighted by Crippen LogP contribution is 2.44. The largest absolute Gasteiger partial charge is 0.472 e. The van der Waals surface area contributed by atoms with Crippen LogP contribution in [-0.2, 0) is 23.1 Å². The number of allylic oxidation sites excluding steroid dienone is 2. The molecule has 0 bridgehead atoms. The SMILES string of the molecule is CCCCCCCCCCCCC=CCCCCCOC[C@H](COC)OP(=O)(O)OCC[N+](C)(C)C. The molecule has 0 saturated carbocycles. The summed E-state index contributed by atoms with van der Waals surface area (Å²) in [5, 5.41) is 0. The highest BCUT2D eigenvalue weighted by atomic mass is 31.2. The Balaban J connectivity index is 3.66. The van der Waals surface area contributed by atoms with Gasteiger partial charge in [0.15, 0.2) is 0 Å². The minimum absolute atomic E-state index is 0.144. The van der Waals surface area contributed by atoms with Crippen molar-refractivity contribution in [1.29, 1.82) is 0 Å². The Bertz CT molecular complexity index is 553. The summed E-state index contributed by atoms with van der Waals surface area (Å²) in [6.07, 6.45) is 23.4. The van der Waals surface area contributed by atoms with Crippen molar-refractivity contribution in [2.24, 2.45) is 0 Å². The van der Waals surface area contributed by atoms with E-state index in [9.17, 15) is 9.46 Å². The molecule has 0 saturated heterocycles. The number of nitrogens with zero attached hydrogens (tertiary/aromatic N) is 1. The van der Waals surface area contributed by atoms with Crippen molar-refractivity contribution >= 4 is 7.82 Å². The summed E-state index contributed by atoms with van der Waals surface area (Å²) in [7, 11) is 3.36. The number of unbranched alkanes of at least 4 members (excludes halogenated alkanes) is 13. The fraction of sp³-hybridized carbons (Fsp3) is 0.929. The molecule has 0 rings (SSSR count). The van der Waals surface area contributed by atoms with Crippen LogP contribution in [0.1, 0.15) is 103 Å². The van der Waals surface area contributed by atoms with Crippen molar-refractivity contribution < 1.29 is 32.5 Å². The molecule has 216 valence electrons. The van der Waals surface area contributed by atoms with Crippen molar-refractivity contribution in [3.8, 4) is 0 Å². The van der Waals surface area contributed by atoms with E-state index in [2.05, 4.69) is 19.1 Å². The lowest BCUT2D eigenvalue weighted by Gasteiger charge is -2.25. The van der Waals surface area contributed by atoms with Gasteiger partial charge in [-0.2, -0.15) is 0 Å². The van der Waals surface area contributed by atoms with Crippen LogP contribution in [-0.4, -0.2) is 76.7 Å². The van der Waals surface area contributed by atoms with E-state index in [0.717, 1.165) is 25.7 Å². The van der Waals surface area contributed by atoms with E-state index in [4.69, 9.17) is 18.5 Å². The fourth-order valence-corrected chi connectivity index (χ4v) is 4.66. The van der Waals surface area contributed by atoms with Crippen molar-refractivity contribution in [1.82, 2.24) is 0 Å². The van der Waals surface area contributed by atoms with Crippen molar-refractivity contribution in [3.63, 3.8) is 0 Å². The number of hydrogen-bond acceptors (Lipinski definition) is 5. The Hall–Kier alpha value is -0.270. The van der Waals surface area contributed by atoms with Crippen LogP contribution in [0.4, 0.5) is 0 Å². The minimum atomic E-state index is -4.14. The standard InChI is InChI=1S/C28H58NO6P/c1-6-7-8-9-10-11-12-13-14-15-16-17-18-19-20-21-22-24-33-27-28(26-32-5)35-36(30,31)34-25-23-29(2,3)4/h17-18,28H,6-16,19-27H2,1-5H3/p+1/t28-/m0/s1. The summed E-state index contributed by atoms with van der Waals surface area (Å²) in [5.41, 5.74) is 0. The molecule has 2 atom stereocenters. The molecule has 0 aliphatic carbocycles. The van der Waals surface area contributed by atoms with Crippen LogP contribution in [0.3, 0.4) is 0 Å². The van der Waals surface area contributed by atoms with E-state index in [-0.39, 0.29) is 19.8 Å². The first kappa shape index (κ1) is 35.7. The van der Waals surface area contributed by atoms with Gasteiger partial charge in [-0.3, -0.25) is 9.05 Å². The van der Waals surface area contributed by atoms with Crippen LogP contribution in [0.15, 0.2) is 12.2 Å². The highest BCUT2D eigenvalue weighted by molar-refractivity contribution is 7.47. The molecule has 0 spiro atoms. The molecule has 0 fully saturated rings. The zero-order chi connectivity index (χ0) is 27.0. The van der Waals surface area contributed by atoms with E-state index < -0.39 is 13.9 Å². The Morgan fingerprint density at radius 1 is 0.778 bits per heavy atom. The maximum absolute atomic E-state index is 12.2. The van der Waals surface area contributed by atoms with Gasteiger partial charge in [0.05, 0.1) is 34.4 Å². The van der Waals surface area contributed by atoms with Gasteiger partial charge in [0.2, 0.25) is 0 Å². The number of hydrogen-bond donors (Lipinski definition) is 1. The first-order valence-electron chi connectivity index (χ1n) is 14.4. The lowest BCUT2D eigenvalue weighted by molar-refractivity contribution is -0.870. The molecule has 0 aliphatic heterocycles. The van der Waals surface area contributed by atoms with Gasteiger partial charge in [-0.15, -0.1) is 0 Å². The fourth-order valence-electron chi connectivity index (χ4n) is 3.79. The first-order valence-corrected chi connectivity index (χ1v) is 15.9. The topological polar surface area (TPSA) is 74.2 Å². The summed E-state index contributed by atoms with van der Waals surface area (Å²) >= 11 is 0. The zero-order valence-electron chi connectivity index (χ0n) is 24.3. The van der Waals surface area contributed by atoms with E-state index in [1.807, 2.05) is 21.1 Å². The van der Waals surface area contributed by atoms with Gasteiger partial charge in [0.1, 0.15) is 19.3 Å². The van der Waals surface area contributed by atoms with Crippen LogP contribution in [0.2, 0.25) is 0 Å². The van der Waals surface area contributed by atoms with Gasteiger partial charge in [-0.1, -0.05) is 83.3 Å². The molecular weight excluding hydrogens is 477 g/mol. The minimum Gasteiger partial charge on any atom is -0.382 e. The first-order chi connectivity index (χ1) is 17.2. The number of rotatable bonds is 27. The second kappa shape index (κ2) is 23.8. The monoisotopic (exact) mass is 536 g/mol. The van der Waals surface area contributed by atoms with E-state index in [1.165, 1.54) is 77.7 Å². The molecule has 0 aromatic heterocycles. The third-order valence-electron chi connectivity index (χ3n) is 6.01. The second-order valence-electron chi connectivity index (χ2n) is 10.9. The predicted octanol–water partition coefficient (Wildman–Crippen LogP) is 7.29. The Labute approximate surface area is 223 Å². The summed E-state index contributed by atoms with van der Waals surface area (Å²) in [5.74, 6) is 0. The molecule has 0 aliphatic rings. The zero-order valence-corrected chi connectivity index (χ0v) is 25.2. The Morgan fingerprint density at radius 3 is 1.83 bits per heavy atom. The van der Waals surface area contributed by atoms with Gasteiger partial charge in [-0.25, -0.2) is 4.57 Å². The molecule has 0 radical (unpaired) electrons. The van der Waals surface area contributed by atoms with E-state index >= 15 is 0 Å². The molecule has 0 amide bonds. The number of quaternary nitrogens is 1. The number of phosphoric ester groups is 1. The van der Waals surface area contributed by atoms with Gasteiger partial charge in [0, 0.05) is 13.7 Å². The molecule has 1 unspecified atom stereocenters. The van der Waals surface area contributed by atoms with E-state index in [0.29, 0.717) is 17.6 Å². The summed E-state index contributed by atoms with van der Waals surface area (Å²) < 4.78 is 33.9. The summed E-state index contributed by atoms with van der Waals surface area (Å²) in [6, 6.07) is 0. The number of phosphoric acid groups is 1. The quantitative estimate of drug-likeness (QED) is 0.0514. The lowest BCUT2D eigenvalue weighted by Crippen LogP contribution is -2.37. The average molecular weight is 537 g/mol. The third-order valence-corrected chi connectivity index (χ3v) is 7.08. The maximum Gasteiger partial charge on any atom is 0.472 e. The van der Waals surface area contributed by atoms with E-state index in [1.54, 1.807) is 0 Å². The van der Waals surface area contributed by atoms with Crippen molar-refractivity contribution in [2.45, 2.75) is 109 Å². The third kappa shape index (κ3) is 26.8. The molecule has 7 nitrogen and oxygen atoms in total. The smallest absolute Gasteiger partial charge is 0.382 e. The Morgan fingerprint density at radius 2 is 1.31 bits per heavy atom. The maximum atomic E-state index is 12.2. The summed E-state index contributed by atoms with van der Waals surface area (Å²) in [4.78, 5) is 9.95. The van der Waals surface area contributed by atoms with Gasteiger partial charge in [-0.05, 0) is 32.1 Å². The van der Waals surface area contributed by atoms with Crippen LogP contribution in [0.5, 0.6) is 0 Å². The average Bonchev–Trinajstić information content (AvgIpc) is 2.79. The van der Waals surface area contributed by atoms with Gasteiger partial charge >= 0.3 is 7.82 Å². The molecule has 1 N–H and O–H groups in total. The summed E-state index contributed by atoms with van der Waals surface area (Å²) in [6.45, 7) is 4.00. The predicted molar refractivity (Wildman–Crippen MR) is 150 cm³/mol. The number of likely N-dealkylation sites (N-methyl/N-ethyl adjacent to an activating group) is 1. The number of methoxy groups -OCH3 is 1. The molecule has 0 aromatic carbocycles. The van der Waals surface area contributed by atoms with Crippen molar-refractivity contribution in [2.75, 3.05) is 61.2 Å². The Kier molecular flexibility index (Phi) is 23.6. The van der Waals surface area contributed by atoms with Gasteiger partial charge < -0.3 is 18.9 Å². The van der Waals surface area contributed by atoms with Gasteiger partial charge in [0.25, 0.3) is 0 Å². The molecule has 36 heavy (non-hydrogen) atoms. The highest BCUT2D eigenvalue weighted by Gasteiger charge is 2.27. The van der Waals surface area contributed by atoms with Crippen LogP contribution < -0.4 is 0 Å². The molecule has 0 aromatic rings.